The fourth-order valence-corrected chi connectivity index (χ4v) is 0. The normalized spacial score (nSPS) is 6.50. The van der Waals surface area contributed by atoms with Gasteiger partial charge in [-0.15, -0.1) is 0 Å². The third kappa shape index (κ3) is 22.4. The fraction of sp³-hybridized carbons (Fsp3) is 0. The molecular formula is CClGeO. The number of rotatable bonds is 0. The Balaban J connectivity index is 2.80. The van der Waals surface area contributed by atoms with Gasteiger partial charge in [-0.05, 0) is 0 Å². The summed E-state index contributed by atoms with van der Waals surface area (Å²) >= 11 is 5.93. The van der Waals surface area contributed by atoms with E-state index in [0.717, 1.165) is 0 Å². The molecule has 0 aromatic heterocycles. The van der Waals surface area contributed by atoms with Crippen LogP contribution in [0.3, 0.4) is 0 Å². The van der Waals surface area contributed by atoms with Crippen LogP contribution in [0.4, 0.5) is 4.79 Å². The second-order valence-corrected chi connectivity index (χ2v) is 2.23. The van der Waals surface area contributed by atoms with Gasteiger partial charge in [0.15, 0.2) is 0 Å². The quantitative estimate of drug-likeness (QED) is 0.350. The molecule has 0 unspecified atom stereocenters. The van der Waals surface area contributed by atoms with Crippen molar-refractivity contribution in [2.24, 2.45) is 0 Å². The Morgan fingerprint density at radius 2 is 2.00 bits per heavy atom. The van der Waals surface area contributed by atoms with Gasteiger partial charge in [-0.1, -0.05) is 0 Å². The fourth-order valence-electron chi connectivity index (χ4n) is 0. The Labute approximate surface area is 37.5 Å². The molecule has 0 saturated heterocycles. The molecule has 0 fully saturated rings. The monoisotopic (exact) mass is 137 g/mol. The maximum atomic E-state index is 9.21. The second-order valence-electron chi connectivity index (χ2n) is 0.274. The first-order valence-electron chi connectivity index (χ1n) is 0.643. The summed E-state index contributed by atoms with van der Waals surface area (Å²) in [5.74, 6) is 0. The average Bonchev–Trinajstić information content (AvgIpc) is 0.811. The van der Waals surface area contributed by atoms with Crippen molar-refractivity contribution in [3.8, 4) is 0 Å². The van der Waals surface area contributed by atoms with E-state index in [1.165, 1.54) is 16.5 Å². The van der Waals surface area contributed by atoms with E-state index < -0.39 is 0 Å². The van der Waals surface area contributed by atoms with Crippen LogP contribution in [0.2, 0.25) is 0 Å². The van der Waals surface area contributed by atoms with E-state index in [2.05, 4.69) is 11.6 Å². The van der Waals surface area contributed by atoms with Gasteiger partial charge in [-0.3, -0.25) is 0 Å². The molecule has 0 atom stereocenters. The van der Waals surface area contributed by atoms with Crippen molar-refractivity contribution in [3.63, 3.8) is 0 Å². The first-order valence-corrected chi connectivity index (χ1v) is 2.07. The van der Waals surface area contributed by atoms with Crippen molar-refractivity contribution in [2.75, 3.05) is 0 Å². The molecule has 0 aromatic carbocycles. The zero-order chi connectivity index (χ0) is 3.58. The van der Waals surface area contributed by atoms with Gasteiger partial charge in [0.25, 0.3) is 0 Å². The molecular weight excluding hydrogens is 136 g/mol. The summed E-state index contributed by atoms with van der Waals surface area (Å²) in [5.41, 5.74) is 0. The number of carbonyl (C=O) groups is 1. The molecule has 0 amide bonds. The molecule has 0 spiro atoms. The van der Waals surface area contributed by atoms with Crippen LogP contribution < -0.4 is 0 Å². The van der Waals surface area contributed by atoms with E-state index in [1.54, 1.807) is 0 Å². The van der Waals surface area contributed by atoms with Crippen LogP contribution in [0.15, 0.2) is 0 Å². The molecule has 0 aliphatic heterocycles. The van der Waals surface area contributed by atoms with Gasteiger partial charge >= 0.3 is 37.0 Å². The van der Waals surface area contributed by atoms with Crippen molar-refractivity contribution in [1.82, 2.24) is 0 Å². The van der Waals surface area contributed by atoms with E-state index in [1.807, 2.05) is 0 Å². The zero-order valence-electron chi connectivity index (χ0n) is 1.79. The molecule has 21 valence electrons. The van der Waals surface area contributed by atoms with Crippen molar-refractivity contribution in [1.29, 1.82) is 0 Å². The Morgan fingerprint density at radius 1 is 2.00 bits per heavy atom. The number of carbonyl (C=O) groups excluding carboxylic acids is 1. The SMILES string of the molecule is O=[C](Cl)[Ge]. The molecule has 0 heterocycles. The van der Waals surface area contributed by atoms with Gasteiger partial charge in [0, 0.05) is 0 Å². The Bertz CT molecular complexity index is 31.0. The van der Waals surface area contributed by atoms with Crippen LogP contribution in [-0.4, -0.2) is 20.6 Å². The summed E-state index contributed by atoms with van der Waals surface area (Å²) in [6.45, 7) is 0. The second kappa shape index (κ2) is 1.79. The maximum absolute atomic E-state index is 9.21. The molecule has 0 aliphatic carbocycles. The summed E-state index contributed by atoms with van der Waals surface area (Å²) in [4.78, 5) is 9.21. The minimum atomic E-state index is -0.361. The first kappa shape index (κ1) is 4.50. The van der Waals surface area contributed by atoms with E-state index in [9.17, 15) is 4.79 Å². The van der Waals surface area contributed by atoms with Crippen LogP contribution >= 0.6 is 11.6 Å². The van der Waals surface area contributed by atoms with E-state index in [-0.39, 0.29) is 4.07 Å². The van der Waals surface area contributed by atoms with Gasteiger partial charge in [0.2, 0.25) is 0 Å². The van der Waals surface area contributed by atoms with Crippen LogP contribution in [0.5, 0.6) is 0 Å². The number of hydrogen-bond acceptors (Lipinski definition) is 1. The predicted octanol–water partition coefficient (Wildman–Crippen LogP) is 0.514. The molecule has 3 heteroatoms. The Morgan fingerprint density at radius 3 is 2.00 bits per heavy atom. The average molecular weight is 136 g/mol. The van der Waals surface area contributed by atoms with Crippen molar-refractivity contribution in [3.05, 3.63) is 0 Å². The van der Waals surface area contributed by atoms with Crippen LogP contribution in [0.1, 0.15) is 0 Å². The molecule has 0 bridgehead atoms. The molecule has 4 heavy (non-hydrogen) atoms. The van der Waals surface area contributed by atoms with Crippen LogP contribution in [-0.2, 0) is 0 Å². The third-order valence-electron chi connectivity index (χ3n) is 0. The summed E-state index contributed by atoms with van der Waals surface area (Å²) in [6, 6.07) is 0. The van der Waals surface area contributed by atoms with Crippen molar-refractivity contribution < 1.29 is 4.79 Å². The van der Waals surface area contributed by atoms with Gasteiger partial charge in [0.05, 0.1) is 0 Å². The molecule has 0 N–H and O–H groups in total. The summed E-state index contributed by atoms with van der Waals surface area (Å²) in [6.07, 6.45) is 0. The zero-order valence-corrected chi connectivity index (χ0v) is 4.64. The van der Waals surface area contributed by atoms with E-state index in [4.69, 9.17) is 0 Å². The Kier molecular flexibility index (Phi) is 2.01. The van der Waals surface area contributed by atoms with Gasteiger partial charge < -0.3 is 0 Å². The summed E-state index contributed by atoms with van der Waals surface area (Å²) < 4.78 is -0.361. The third-order valence-corrected chi connectivity index (χ3v) is 0. The summed E-state index contributed by atoms with van der Waals surface area (Å²) in [7, 11) is 0. The van der Waals surface area contributed by atoms with Crippen molar-refractivity contribution >= 4 is 32.2 Å². The molecule has 3 radical (unpaired) electrons. The predicted molar refractivity (Wildman–Crippen MR) is 17.0 cm³/mol. The topological polar surface area (TPSA) is 17.1 Å². The van der Waals surface area contributed by atoms with E-state index >= 15 is 0 Å². The molecule has 0 aromatic rings. The van der Waals surface area contributed by atoms with Gasteiger partial charge in [0.1, 0.15) is 0 Å². The molecule has 0 saturated carbocycles. The van der Waals surface area contributed by atoms with Gasteiger partial charge in [-0.25, -0.2) is 0 Å². The first-order chi connectivity index (χ1) is 1.73. The number of halogens is 1. The number of hydrogen-bond donors (Lipinski definition) is 0. The molecule has 1 nitrogen and oxygen atoms in total. The van der Waals surface area contributed by atoms with Crippen LogP contribution in [0.25, 0.3) is 0 Å². The standard InChI is InChI=1S/CClGeO/c2-1(3)4. The minimum absolute atomic E-state index is 0.361. The van der Waals surface area contributed by atoms with Crippen molar-refractivity contribution in [2.45, 2.75) is 0 Å². The summed E-state index contributed by atoms with van der Waals surface area (Å²) in [5, 5.41) is 0. The molecule has 0 rings (SSSR count). The van der Waals surface area contributed by atoms with E-state index in [0.29, 0.717) is 0 Å². The van der Waals surface area contributed by atoms with Crippen LogP contribution in [0, 0.1) is 0 Å². The van der Waals surface area contributed by atoms with Gasteiger partial charge in [-0.2, -0.15) is 0 Å². The Hall–Kier alpha value is 0.503. The molecule has 0 aliphatic rings.